The van der Waals surface area contributed by atoms with Crippen LogP contribution < -0.4 is 15.8 Å². The van der Waals surface area contributed by atoms with Crippen molar-refractivity contribution >= 4 is 11.9 Å². The van der Waals surface area contributed by atoms with E-state index in [0.717, 1.165) is 0 Å². The number of aliphatic hydroxyl groups excluding tert-OH is 1. The normalized spacial score (nSPS) is 12.5. The summed E-state index contributed by atoms with van der Waals surface area (Å²) >= 11 is 0. The van der Waals surface area contributed by atoms with Crippen molar-refractivity contribution in [3.63, 3.8) is 0 Å². The van der Waals surface area contributed by atoms with Crippen LogP contribution in [0.3, 0.4) is 0 Å². The van der Waals surface area contributed by atoms with Crippen LogP contribution in [-0.4, -0.2) is 52.5 Å². The van der Waals surface area contributed by atoms with Crippen LogP contribution in [0.1, 0.15) is 13.8 Å². The van der Waals surface area contributed by atoms with Crippen molar-refractivity contribution in [2.45, 2.75) is 26.1 Å². The summed E-state index contributed by atoms with van der Waals surface area (Å²) in [6, 6.07) is 0.154. The molecule has 0 saturated heterocycles. The van der Waals surface area contributed by atoms with Crippen LogP contribution in [-0.2, 0) is 4.74 Å². The van der Waals surface area contributed by atoms with Gasteiger partial charge in [0.1, 0.15) is 0 Å². The number of nitrogens with one attached hydrogen (secondary N) is 1. The molecule has 1 unspecified atom stereocenters. The van der Waals surface area contributed by atoms with Gasteiger partial charge in [-0.2, -0.15) is 15.0 Å². The van der Waals surface area contributed by atoms with Crippen molar-refractivity contribution in [2.24, 2.45) is 0 Å². The van der Waals surface area contributed by atoms with Crippen molar-refractivity contribution in [2.75, 3.05) is 31.3 Å². The highest BCUT2D eigenvalue weighted by atomic mass is 16.5. The van der Waals surface area contributed by atoms with Crippen LogP contribution in [0.4, 0.5) is 11.9 Å². The summed E-state index contributed by atoms with van der Waals surface area (Å²) < 4.78 is 10.1. The Morgan fingerprint density at radius 3 is 2.67 bits per heavy atom. The summed E-state index contributed by atoms with van der Waals surface area (Å²) in [5, 5.41) is 12.3. The standard InChI is InChI=1S/C10H19N5O3/c1-6(2)18-10-14-8(11)13-9(15-10)12-4-7(16)5-17-3/h6-7,16H,4-5H2,1-3H3,(H3,11,12,13,14,15). The maximum Gasteiger partial charge on any atom is 0.323 e. The van der Waals surface area contributed by atoms with Crippen LogP contribution in [0.2, 0.25) is 0 Å². The minimum absolute atomic E-state index is 0.0567. The van der Waals surface area contributed by atoms with Crippen LogP contribution in [0.15, 0.2) is 0 Å². The molecule has 0 aliphatic heterocycles. The lowest BCUT2D eigenvalue weighted by molar-refractivity contribution is 0.0726. The van der Waals surface area contributed by atoms with E-state index in [2.05, 4.69) is 20.3 Å². The molecule has 1 aromatic heterocycles. The van der Waals surface area contributed by atoms with Gasteiger partial charge < -0.3 is 25.6 Å². The zero-order valence-electron chi connectivity index (χ0n) is 10.8. The predicted molar refractivity (Wildman–Crippen MR) is 66.4 cm³/mol. The smallest absolute Gasteiger partial charge is 0.323 e. The molecule has 18 heavy (non-hydrogen) atoms. The Hall–Kier alpha value is -1.67. The first-order chi connectivity index (χ1) is 8.51. The molecule has 0 aromatic carbocycles. The fraction of sp³-hybridized carbons (Fsp3) is 0.700. The van der Waals surface area contributed by atoms with E-state index < -0.39 is 6.10 Å². The highest BCUT2D eigenvalue weighted by Crippen LogP contribution is 2.10. The number of ether oxygens (including phenoxy) is 2. The highest BCUT2D eigenvalue weighted by Gasteiger charge is 2.09. The van der Waals surface area contributed by atoms with Gasteiger partial charge in [-0.3, -0.25) is 0 Å². The van der Waals surface area contributed by atoms with E-state index in [9.17, 15) is 5.11 Å². The van der Waals surface area contributed by atoms with Crippen molar-refractivity contribution in [1.82, 2.24) is 15.0 Å². The average Bonchev–Trinajstić information content (AvgIpc) is 2.25. The van der Waals surface area contributed by atoms with Crippen molar-refractivity contribution in [1.29, 1.82) is 0 Å². The molecule has 1 rings (SSSR count). The average molecular weight is 257 g/mol. The van der Waals surface area contributed by atoms with E-state index in [1.165, 1.54) is 7.11 Å². The Morgan fingerprint density at radius 1 is 1.33 bits per heavy atom. The first kappa shape index (κ1) is 14.4. The van der Waals surface area contributed by atoms with Crippen LogP contribution in [0.5, 0.6) is 6.01 Å². The van der Waals surface area contributed by atoms with E-state index in [4.69, 9.17) is 15.2 Å². The summed E-state index contributed by atoms with van der Waals surface area (Å²) in [4.78, 5) is 11.7. The molecule has 8 heteroatoms. The van der Waals surface area contributed by atoms with Crippen molar-refractivity contribution in [3.8, 4) is 6.01 Å². The first-order valence-electron chi connectivity index (χ1n) is 5.60. The molecule has 0 amide bonds. The maximum absolute atomic E-state index is 9.47. The number of aliphatic hydroxyl groups is 1. The Kier molecular flexibility index (Phi) is 5.53. The number of methoxy groups -OCH3 is 1. The molecule has 0 fully saturated rings. The molecular weight excluding hydrogens is 238 g/mol. The zero-order valence-corrected chi connectivity index (χ0v) is 10.8. The lowest BCUT2D eigenvalue weighted by atomic mass is 10.4. The minimum Gasteiger partial charge on any atom is -0.461 e. The maximum atomic E-state index is 9.47. The number of nitrogens with two attached hydrogens (primary N) is 1. The minimum atomic E-state index is -0.651. The van der Waals surface area contributed by atoms with Crippen LogP contribution >= 0.6 is 0 Å². The third-order valence-corrected chi connectivity index (χ3v) is 1.83. The lowest BCUT2D eigenvalue weighted by Gasteiger charge is -2.12. The fourth-order valence-electron chi connectivity index (χ4n) is 1.18. The van der Waals surface area contributed by atoms with E-state index in [1.807, 2.05) is 13.8 Å². The first-order valence-corrected chi connectivity index (χ1v) is 5.60. The van der Waals surface area contributed by atoms with Gasteiger partial charge >= 0.3 is 6.01 Å². The van der Waals surface area contributed by atoms with Gasteiger partial charge in [0.25, 0.3) is 0 Å². The SMILES string of the molecule is COCC(O)CNc1nc(N)nc(OC(C)C)n1. The van der Waals surface area contributed by atoms with Crippen molar-refractivity contribution < 1.29 is 14.6 Å². The number of hydrogen-bond donors (Lipinski definition) is 3. The third-order valence-electron chi connectivity index (χ3n) is 1.83. The van der Waals surface area contributed by atoms with Gasteiger partial charge in [-0.15, -0.1) is 0 Å². The van der Waals surface area contributed by atoms with Crippen molar-refractivity contribution in [3.05, 3.63) is 0 Å². The predicted octanol–water partition coefficient (Wildman–Crippen LogP) is -0.340. The third kappa shape index (κ3) is 5.11. The molecule has 0 saturated carbocycles. The Bertz CT molecular complexity index is 375. The second-order valence-electron chi connectivity index (χ2n) is 3.96. The molecule has 0 bridgehead atoms. The van der Waals surface area contributed by atoms with Crippen LogP contribution in [0, 0.1) is 0 Å². The quantitative estimate of drug-likeness (QED) is 0.607. The topological polar surface area (TPSA) is 115 Å². The summed E-state index contributed by atoms with van der Waals surface area (Å²) in [7, 11) is 1.51. The molecule has 102 valence electrons. The monoisotopic (exact) mass is 257 g/mol. The number of nitrogen functional groups attached to an aromatic ring is 1. The zero-order chi connectivity index (χ0) is 13.5. The number of hydrogen-bond acceptors (Lipinski definition) is 8. The number of rotatable bonds is 7. The molecule has 0 aliphatic rings. The van der Waals surface area contributed by atoms with E-state index in [0.29, 0.717) is 0 Å². The summed E-state index contributed by atoms with van der Waals surface area (Å²) in [5.74, 6) is 0.317. The van der Waals surface area contributed by atoms with E-state index >= 15 is 0 Å². The van der Waals surface area contributed by atoms with E-state index in [1.54, 1.807) is 0 Å². The molecular formula is C10H19N5O3. The largest absolute Gasteiger partial charge is 0.461 e. The number of nitrogens with zero attached hydrogens (tertiary/aromatic N) is 3. The highest BCUT2D eigenvalue weighted by molar-refractivity contribution is 5.32. The fourth-order valence-corrected chi connectivity index (χ4v) is 1.18. The summed E-state index contributed by atoms with van der Waals surface area (Å²) in [6.07, 6.45) is -0.707. The molecule has 1 atom stereocenters. The lowest BCUT2D eigenvalue weighted by Crippen LogP contribution is -2.25. The van der Waals surface area contributed by atoms with Gasteiger partial charge in [-0.05, 0) is 13.8 Å². The number of anilines is 2. The van der Waals surface area contributed by atoms with Gasteiger partial charge in [-0.1, -0.05) is 0 Å². The van der Waals surface area contributed by atoms with Crippen LogP contribution in [0.25, 0.3) is 0 Å². The second kappa shape index (κ2) is 6.92. The second-order valence-corrected chi connectivity index (χ2v) is 3.96. The molecule has 0 spiro atoms. The molecule has 1 heterocycles. The molecule has 8 nitrogen and oxygen atoms in total. The summed E-state index contributed by atoms with van der Waals surface area (Å²) in [5.41, 5.74) is 5.53. The molecule has 0 aliphatic carbocycles. The summed E-state index contributed by atoms with van der Waals surface area (Å²) in [6.45, 7) is 4.19. The van der Waals surface area contributed by atoms with Gasteiger partial charge in [0.15, 0.2) is 0 Å². The molecule has 0 radical (unpaired) electrons. The van der Waals surface area contributed by atoms with Gasteiger partial charge in [0, 0.05) is 13.7 Å². The Labute approximate surface area is 106 Å². The van der Waals surface area contributed by atoms with Gasteiger partial charge in [-0.25, -0.2) is 0 Å². The van der Waals surface area contributed by atoms with Gasteiger partial charge in [0.05, 0.1) is 18.8 Å². The number of aromatic nitrogens is 3. The van der Waals surface area contributed by atoms with E-state index in [-0.39, 0.29) is 37.2 Å². The molecule has 1 aromatic rings. The Balaban J connectivity index is 2.62. The van der Waals surface area contributed by atoms with Gasteiger partial charge in [0.2, 0.25) is 11.9 Å². The molecule has 4 N–H and O–H groups in total. The Morgan fingerprint density at radius 2 is 2.06 bits per heavy atom.